The zero-order valence-electron chi connectivity index (χ0n) is 14.7. The normalized spacial score (nSPS) is 19.8. The molecule has 0 spiro atoms. The van der Waals surface area contributed by atoms with Crippen LogP contribution in [0.3, 0.4) is 0 Å². The fourth-order valence-electron chi connectivity index (χ4n) is 3.82. The molecule has 0 unspecified atom stereocenters. The number of hydrogen-bond donors (Lipinski definition) is 1. The van der Waals surface area contributed by atoms with Crippen molar-refractivity contribution in [3.8, 4) is 0 Å². The number of sulfone groups is 1. The van der Waals surface area contributed by atoms with Crippen LogP contribution in [0.25, 0.3) is 0 Å². The van der Waals surface area contributed by atoms with Gasteiger partial charge in [0.05, 0.1) is 30.2 Å². The van der Waals surface area contributed by atoms with Gasteiger partial charge < -0.3 is 10.0 Å². The molecule has 1 fully saturated rings. The summed E-state index contributed by atoms with van der Waals surface area (Å²) in [6.45, 7) is 1.66. The first-order valence-electron chi connectivity index (χ1n) is 9.02. The summed E-state index contributed by atoms with van der Waals surface area (Å²) < 4.78 is 24.4. The summed E-state index contributed by atoms with van der Waals surface area (Å²) in [4.78, 5) is 14.3. The number of hydrogen-bond acceptors (Lipinski definition) is 5. The van der Waals surface area contributed by atoms with Gasteiger partial charge in [0.1, 0.15) is 15.9 Å². The summed E-state index contributed by atoms with van der Waals surface area (Å²) >= 11 is 0. The second kappa shape index (κ2) is 7.45. The number of carbonyl (C=O) groups excluding carboxylic acids is 1. The Hall–Kier alpha value is -1.41. The van der Waals surface area contributed by atoms with Crippen LogP contribution in [-0.2, 0) is 27.7 Å². The highest BCUT2D eigenvalue weighted by Crippen LogP contribution is 2.29. The summed E-state index contributed by atoms with van der Waals surface area (Å²) in [6.07, 6.45) is 6.63. The Labute approximate surface area is 148 Å². The van der Waals surface area contributed by atoms with E-state index in [9.17, 15) is 18.3 Å². The first-order chi connectivity index (χ1) is 11.8. The number of carbonyl (C=O) groups is 1. The standard InChI is InChI=1S/C17H27N3O4S/c1-25(23,24)12-16(21)15-10-14-11-19(8-9-20(14)18-15)17(22)7-6-13-4-2-3-5-13/h10,13,16,21H,2-9,11-12H2,1H3/t16-/m0/s1. The van der Waals surface area contributed by atoms with Crippen LogP contribution in [0.4, 0.5) is 0 Å². The Balaban J connectivity index is 1.58. The zero-order chi connectivity index (χ0) is 18.0. The molecule has 7 nitrogen and oxygen atoms in total. The van der Waals surface area contributed by atoms with Crippen LogP contribution >= 0.6 is 0 Å². The number of fused-ring (bicyclic) bond motifs is 1. The van der Waals surface area contributed by atoms with E-state index in [1.54, 1.807) is 10.7 Å². The third kappa shape index (κ3) is 4.82. The van der Waals surface area contributed by atoms with Crippen LogP contribution in [0.2, 0.25) is 0 Å². The van der Waals surface area contributed by atoms with Crippen LogP contribution in [0.15, 0.2) is 6.07 Å². The monoisotopic (exact) mass is 369 g/mol. The highest BCUT2D eigenvalue weighted by molar-refractivity contribution is 7.90. The second-order valence-corrected chi connectivity index (χ2v) is 9.58. The van der Waals surface area contributed by atoms with Gasteiger partial charge in [-0.25, -0.2) is 8.42 Å². The van der Waals surface area contributed by atoms with E-state index >= 15 is 0 Å². The van der Waals surface area contributed by atoms with E-state index in [1.165, 1.54) is 25.7 Å². The Kier molecular flexibility index (Phi) is 5.48. The molecule has 1 saturated carbocycles. The van der Waals surface area contributed by atoms with Crippen LogP contribution < -0.4 is 0 Å². The van der Waals surface area contributed by atoms with Crippen molar-refractivity contribution in [2.24, 2.45) is 5.92 Å². The minimum absolute atomic E-state index is 0.178. The lowest BCUT2D eigenvalue weighted by Crippen LogP contribution is -2.38. The van der Waals surface area contributed by atoms with E-state index < -0.39 is 15.9 Å². The van der Waals surface area contributed by atoms with E-state index in [0.717, 1.165) is 18.4 Å². The van der Waals surface area contributed by atoms with E-state index in [1.807, 2.05) is 4.90 Å². The van der Waals surface area contributed by atoms with E-state index in [0.29, 0.717) is 37.7 Å². The number of rotatable bonds is 6. The van der Waals surface area contributed by atoms with Gasteiger partial charge >= 0.3 is 0 Å². The number of aliphatic hydroxyl groups excluding tert-OH is 1. The van der Waals surface area contributed by atoms with Crippen molar-refractivity contribution in [2.45, 2.75) is 57.7 Å². The van der Waals surface area contributed by atoms with Gasteiger partial charge in [-0.15, -0.1) is 0 Å². The van der Waals surface area contributed by atoms with E-state index in [4.69, 9.17) is 0 Å². The third-order valence-electron chi connectivity index (χ3n) is 5.21. The van der Waals surface area contributed by atoms with Crippen molar-refractivity contribution in [1.29, 1.82) is 0 Å². The lowest BCUT2D eigenvalue weighted by molar-refractivity contribution is -0.133. The minimum atomic E-state index is -3.28. The number of amides is 1. The SMILES string of the molecule is CS(=O)(=O)C[C@H](O)c1cc2n(n1)CCN(C(=O)CCC1CCCC1)C2. The van der Waals surface area contributed by atoms with Gasteiger partial charge in [0, 0.05) is 19.2 Å². The zero-order valence-corrected chi connectivity index (χ0v) is 15.5. The maximum absolute atomic E-state index is 12.5. The first-order valence-corrected chi connectivity index (χ1v) is 11.1. The second-order valence-electron chi connectivity index (χ2n) is 7.40. The Bertz CT molecular complexity index is 722. The molecule has 1 aromatic heterocycles. The summed E-state index contributed by atoms with van der Waals surface area (Å²) in [6, 6.07) is 1.71. The molecular weight excluding hydrogens is 342 g/mol. The Morgan fingerprint density at radius 1 is 1.36 bits per heavy atom. The van der Waals surface area contributed by atoms with Gasteiger partial charge in [0.15, 0.2) is 0 Å². The van der Waals surface area contributed by atoms with Gasteiger partial charge in [0.25, 0.3) is 0 Å². The van der Waals surface area contributed by atoms with Crippen molar-refractivity contribution < 1.29 is 18.3 Å². The summed E-state index contributed by atoms with van der Waals surface area (Å²) in [5.74, 6) is 0.544. The maximum atomic E-state index is 12.5. The van der Waals surface area contributed by atoms with Gasteiger partial charge in [-0.2, -0.15) is 5.10 Å². The molecule has 1 aliphatic carbocycles. The quantitative estimate of drug-likeness (QED) is 0.815. The summed E-state index contributed by atoms with van der Waals surface area (Å²) in [5, 5.41) is 14.4. The molecule has 140 valence electrons. The molecule has 1 amide bonds. The van der Waals surface area contributed by atoms with Gasteiger partial charge in [-0.3, -0.25) is 9.48 Å². The summed E-state index contributed by atoms with van der Waals surface area (Å²) in [5.41, 5.74) is 1.21. The smallest absolute Gasteiger partial charge is 0.222 e. The predicted octanol–water partition coefficient (Wildman–Crippen LogP) is 1.27. The van der Waals surface area contributed by atoms with Crippen LogP contribution in [0.5, 0.6) is 0 Å². The molecule has 3 rings (SSSR count). The lowest BCUT2D eigenvalue weighted by Gasteiger charge is -2.28. The predicted molar refractivity (Wildman–Crippen MR) is 93.5 cm³/mol. The van der Waals surface area contributed by atoms with Crippen molar-refractivity contribution in [3.05, 3.63) is 17.5 Å². The first kappa shape index (κ1) is 18.4. The summed E-state index contributed by atoms with van der Waals surface area (Å²) in [7, 11) is -3.28. The number of aromatic nitrogens is 2. The highest BCUT2D eigenvalue weighted by atomic mass is 32.2. The molecule has 0 saturated heterocycles. The van der Waals surface area contributed by atoms with Crippen molar-refractivity contribution >= 4 is 15.7 Å². The molecule has 1 aromatic rings. The molecular formula is C17H27N3O4S. The molecule has 1 aliphatic heterocycles. The maximum Gasteiger partial charge on any atom is 0.222 e. The van der Waals surface area contributed by atoms with Gasteiger partial charge in [0.2, 0.25) is 5.91 Å². The average Bonchev–Trinajstić information content (AvgIpc) is 3.19. The van der Waals surface area contributed by atoms with Crippen LogP contribution in [-0.4, -0.2) is 52.7 Å². The highest BCUT2D eigenvalue weighted by Gasteiger charge is 2.26. The largest absolute Gasteiger partial charge is 0.386 e. The minimum Gasteiger partial charge on any atom is -0.386 e. The molecule has 25 heavy (non-hydrogen) atoms. The molecule has 0 bridgehead atoms. The van der Waals surface area contributed by atoms with Crippen molar-refractivity contribution in [2.75, 3.05) is 18.6 Å². The molecule has 1 N–H and O–H groups in total. The topological polar surface area (TPSA) is 92.5 Å². The van der Waals surface area contributed by atoms with Crippen molar-refractivity contribution in [3.63, 3.8) is 0 Å². The molecule has 8 heteroatoms. The fourth-order valence-corrected chi connectivity index (χ4v) is 4.57. The third-order valence-corrected chi connectivity index (χ3v) is 6.13. The fraction of sp³-hybridized carbons (Fsp3) is 0.765. The molecule has 1 atom stereocenters. The average molecular weight is 369 g/mol. The van der Waals surface area contributed by atoms with E-state index in [-0.39, 0.29) is 11.7 Å². The number of nitrogens with zero attached hydrogens (tertiary/aromatic N) is 3. The van der Waals surface area contributed by atoms with E-state index in [2.05, 4.69) is 5.10 Å². The van der Waals surface area contributed by atoms with Crippen LogP contribution in [0, 0.1) is 5.92 Å². The van der Waals surface area contributed by atoms with Crippen molar-refractivity contribution in [1.82, 2.24) is 14.7 Å². The molecule has 0 aromatic carbocycles. The Morgan fingerprint density at radius 3 is 2.76 bits per heavy atom. The molecule has 0 radical (unpaired) electrons. The van der Waals surface area contributed by atoms with Gasteiger partial charge in [-0.1, -0.05) is 25.7 Å². The lowest BCUT2D eigenvalue weighted by atomic mass is 10.0. The van der Waals surface area contributed by atoms with Gasteiger partial charge in [-0.05, 0) is 18.4 Å². The molecule has 2 heterocycles. The number of aliphatic hydroxyl groups is 1. The van der Waals surface area contributed by atoms with Crippen LogP contribution in [0.1, 0.15) is 56.0 Å². The Morgan fingerprint density at radius 2 is 2.08 bits per heavy atom. The molecule has 2 aliphatic rings.